The minimum Gasteiger partial charge on any atom is -0.467 e. The van der Waals surface area contributed by atoms with Gasteiger partial charge < -0.3 is 14.4 Å². The molecule has 0 fully saturated rings. The number of amides is 1. The van der Waals surface area contributed by atoms with Gasteiger partial charge in [-0.2, -0.15) is 10.4 Å². The molecule has 0 aliphatic rings. The number of aromatic nitrogens is 1. The van der Waals surface area contributed by atoms with Crippen LogP contribution in [0.4, 0.5) is 5.69 Å². The molecule has 10 heteroatoms. The van der Waals surface area contributed by atoms with Crippen molar-refractivity contribution in [3.8, 4) is 11.9 Å². The summed E-state index contributed by atoms with van der Waals surface area (Å²) in [5.74, 6) is -0.401. The van der Waals surface area contributed by atoms with Gasteiger partial charge >= 0.3 is 0 Å². The van der Waals surface area contributed by atoms with Gasteiger partial charge in [-0.05, 0) is 56.5 Å². The summed E-state index contributed by atoms with van der Waals surface area (Å²) >= 11 is 6.91. The molecule has 1 heterocycles. The maximum absolute atomic E-state index is 12.1. The molecular weight excluding hydrogens is 518 g/mol. The van der Waals surface area contributed by atoms with Crippen LogP contribution in [0.5, 0.6) is 5.88 Å². The lowest BCUT2D eigenvalue weighted by molar-refractivity contribution is -0.123. The van der Waals surface area contributed by atoms with E-state index in [1.54, 1.807) is 6.92 Å². The Morgan fingerprint density at radius 2 is 2.13 bits per heavy atom. The number of hydrazone groups is 1. The van der Waals surface area contributed by atoms with E-state index in [0.717, 1.165) is 15.7 Å². The predicted molar refractivity (Wildman–Crippen MR) is 122 cm³/mol. The second kappa shape index (κ2) is 11.1. The van der Waals surface area contributed by atoms with Gasteiger partial charge in [0.1, 0.15) is 11.6 Å². The maximum atomic E-state index is 12.1. The monoisotopic (exact) mass is 537 g/mol. The van der Waals surface area contributed by atoms with Crippen molar-refractivity contribution in [1.82, 2.24) is 10.4 Å². The number of nitrogens with zero attached hydrogens (tertiary/aromatic N) is 4. The van der Waals surface area contributed by atoms with Gasteiger partial charge in [0, 0.05) is 35.7 Å². The largest absolute Gasteiger partial charge is 0.467 e. The molecule has 0 saturated heterocycles. The zero-order valence-electron chi connectivity index (χ0n) is 17.0. The average Bonchev–Trinajstić information content (AvgIpc) is 2.70. The number of hydrogen-bond donors (Lipinski definition) is 1. The van der Waals surface area contributed by atoms with Crippen LogP contribution >= 0.6 is 31.9 Å². The highest BCUT2D eigenvalue weighted by Crippen LogP contribution is 2.30. The summed E-state index contributed by atoms with van der Waals surface area (Å²) in [6.45, 7) is 1.64. The highest BCUT2D eigenvalue weighted by molar-refractivity contribution is 9.11. The van der Waals surface area contributed by atoms with Crippen molar-refractivity contribution in [2.24, 2.45) is 5.10 Å². The highest BCUT2D eigenvalue weighted by Gasteiger charge is 2.18. The van der Waals surface area contributed by atoms with E-state index in [1.165, 1.54) is 13.3 Å². The molecule has 2 rings (SSSR count). The van der Waals surface area contributed by atoms with Gasteiger partial charge in [0.2, 0.25) is 5.88 Å². The molecule has 0 bridgehead atoms. The number of rotatable bonds is 8. The molecule has 2 aromatic rings. The van der Waals surface area contributed by atoms with Crippen molar-refractivity contribution in [3.63, 3.8) is 0 Å². The summed E-state index contributed by atoms with van der Waals surface area (Å²) in [4.78, 5) is 18.3. The number of carbonyl (C=O) groups excluding carboxylic acids is 1. The number of nitrogens with one attached hydrogen (secondary N) is 1. The van der Waals surface area contributed by atoms with E-state index in [1.807, 2.05) is 37.2 Å². The van der Waals surface area contributed by atoms with Gasteiger partial charge in [-0.1, -0.05) is 6.07 Å². The molecule has 158 valence electrons. The third kappa shape index (κ3) is 6.01. The van der Waals surface area contributed by atoms with Crippen LogP contribution in [0, 0.1) is 18.3 Å². The molecule has 1 N–H and O–H groups in total. The molecular formula is C20H21Br2N5O3. The van der Waals surface area contributed by atoms with E-state index >= 15 is 0 Å². The standard InChI is InChI=1S/C20H21Br2N5O3/c1-12-19(22)15(10-29-4)14(8-23)20(25-12)30-11-18(28)26-24-9-13-5-6-17(27(2)3)16(21)7-13/h5-7,9H,10-11H2,1-4H3,(H,26,28)/b24-9-. The number of halogens is 2. The molecule has 0 spiro atoms. The number of aryl methyl sites for hydroxylation is 1. The molecule has 0 radical (unpaired) electrons. The summed E-state index contributed by atoms with van der Waals surface area (Å²) in [6.07, 6.45) is 1.53. The summed E-state index contributed by atoms with van der Waals surface area (Å²) in [5, 5.41) is 13.4. The van der Waals surface area contributed by atoms with Gasteiger partial charge in [0.25, 0.3) is 5.91 Å². The predicted octanol–water partition coefficient (Wildman–Crippen LogP) is 3.53. The van der Waals surface area contributed by atoms with Crippen LogP contribution in [-0.4, -0.2) is 44.9 Å². The Morgan fingerprint density at radius 1 is 1.40 bits per heavy atom. The topological polar surface area (TPSA) is 99.8 Å². The Bertz CT molecular complexity index is 1000. The maximum Gasteiger partial charge on any atom is 0.278 e. The fourth-order valence-electron chi connectivity index (χ4n) is 2.53. The van der Waals surface area contributed by atoms with Crippen molar-refractivity contribution >= 4 is 49.7 Å². The molecule has 1 aromatic heterocycles. The second-order valence-electron chi connectivity index (χ2n) is 6.40. The minimum absolute atomic E-state index is 0.0765. The first-order valence-electron chi connectivity index (χ1n) is 8.78. The highest BCUT2D eigenvalue weighted by atomic mass is 79.9. The molecule has 0 aliphatic carbocycles. The first-order chi connectivity index (χ1) is 14.3. The zero-order valence-corrected chi connectivity index (χ0v) is 20.2. The van der Waals surface area contributed by atoms with E-state index < -0.39 is 5.91 Å². The van der Waals surface area contributed by atoms with Gasteiger partial charge in [-0.15, -0.1) is 0 Å². The van der Waals surface area contributed by atoms with Crippen LogP contribution in [0.25, 0.3) is 0 Å². The van der Waals surface area contributed by atoms with Gasteiger partial charge in [-0.25, -0.2) is 10.4 Å². The number of hydrogen-bond acceptors (Lipinski definition) is 7. The minimum atomic E-state index is -0.477. The number of anilines is 1. The lowest BCUT2D eigenvalue weighted by Crippen LogP contribution is -2.25. The fraction of sp³-hybridized carbons (Fsp3) is 0.300. The Kier molecular flexibility index (Phi) is 8.77. The lowest BCUT2D eigenvalue weighted by atomic mass is 10.1. The third-order valence-electron chi connectivity index (χ3n) is 3.96. The Morgan fingerprint density at radius 3 is 2.73 bits per heavy atom. The third-order valence-corrected chi connectivity index (χ3v) is 5.65. The fourth-order valence-corrected chi connectivity index (χ4v) is 3.68. The van der Waals surface area contributed by atoms with Crippen LogP contribution in [0.3, 0.4) is 0 Å². The lowest BCUT2D eigenvalue weighted by Gasteiger charge is -2.14. The number of pyridine rings is 1. The summed E-state index contributed by atoms with van der Waals surface area (Å²) in [7, 11) is 5.43. The van der Waals surface area contributed by atoms with Crippen LogP contribution in [0.2, 0.25) is 0 Å². The Hall–Kier alpha value is -2.48. The normalized spacial score (nSPS) is 10.7. The Balaban J connectivity index is 2.02. The molecule has 1 amide bonds. The number of carbonyl (C=O) groups is 1. The molecule has 0 atom stereocenters. The van der Waals surface area contributed by atoms with Crippen LogP contribution in [-0.2, 0) is 16.1 Å². The van der Waals surface area contributed by atoms with Crippen molar-refractivity contribution in [3.05, 3.63) is 49.5 Å². The first-order valence-corrected chi connectivity index (χ1v) is 10.4. The number of ether oxygens (including phenoxy) is 2. The molecule has 0 saturated carbocycles. The summed E-state index contributed by atoms with van der Waals surface area (Å²) in [5.41, 5.74) is 5.71. The summed E-state index contributed by atoms with van der Waals surface area (Å²) < 4.78 is 12.2. The van der Waals surface area contributed by atoms with Gasteiger partial charge in [0.05, 0.1) is 24.2 Å². The van der Waals surface area contributed by atoms with Crippen LogP contribution in [0.15, 0.2) is 32.2 Å². The SMILES string of the molecule is COCc1c(Br)c(C)nc(OCC(=O)N/N=C\c2ccc(N(C)C)c(Br)c2)c1C#N. The van der Waals surface area contributed by atoms with Crippen molar-refractivity contribution in [1.29, 1.82) is 5.26 Å². The van der Waals surface area contributed by atoms with E-state index in [0.29, 0.717) is 15.7 Å². The smallest absolute Gasteiger partial charge is 0.278 e. The van der Waals surface area contributed by atoms with Gasteiger partial charge in [-0.3, -0.25) is 4.79 Å². The van der Waals surface area contributed by atoms with Gasteiger partial charge in [0.15, 0.2) is 6.61 Å². The Labute approximate surface area is 192 Å². The van der Waals surface area contributed by atoms with Crippen molar-refractivity contribution in [2.75, 3.05) is 32.7 Å². The average molecular weight is 539 g/mol. The van der Waals surface area contributed by atoms with Crippen LogP contribution in [0.1, 0.15) is 22.4 Å². The van der Waals surface area contributed by atoms with E-state index in [9.17, 15) is 10.1 Å². The quantitative estimate of drug-likeness (QED) is 0.407. The first kappa shape index (κ1) is 23.8. The number of nitriles is 1. The van der Waals surface area contributed by atoms with Crippen molar-refractivity contribution < 1.29 is 14.3 Å². The van der Waals surface area contributed by atoms with E-state index in [2.05, 4.69) is 53.4 Å². The molecule has 30 heavy (non-hydrogen) atoms. The number of benzene rings is 1. The summed E-state index contributed by atoms with van der Waals surface area (Å²) in [6, 6.07) is 7.78. The molecule has 0 aliphatic heterocycles. The van der Waals surface area contributed by atoms with E-state index in [4.69, 9.17) is 9.47 Å². The van der Waals surface area contributed by atoms with Crippen molar-refractivity contribution in [2.45, 2.75) is 13.5 Å². The molecule has 0 unspecified atom stereocenters. The van der Waals surface area contributed by atoms with Crippen LogP contribution < -0.4 is 15.1 Å². The number of methoxy groups -OCH3 is 1. The second-order valence-corrected chi connectivity index (χ2v) is 8.05. The molecule has 1 aromatic carbocycles. The molecule has 8 nitrogen and oxygen atoms in total. The van der Waals surface area contributed by atoms with E-state index in [-0.39, 0.29) is 24.7 Å². The zero-order chi connectivity index (χ0) is 22.3.